The van der Waals surface area contributed by atoms with Crippen molar-refractivity contribution in [1.82, 2.24) is 0 Å². The van der Waals surface area contributed by atoms with Gasteiger partial charge < -0.3 is 0 Å². The minimum absolute atomic E-state index is 0.865. The van der Waals surface area contributed by atoms with Crippen molar-refractivity contribution >= 4 is 0 Å². The maximum absolute atomic E-state index is 2.38. The van der Waals surface area contributed by atoms with Gasteiger partial charge in [-0.05, 0) is 42.9 Å². The summed E-state index contributed by atoms with van der Waals surface area (Å²) < 4.78 is 0. The molecule has 0 rings (SSSR count). The largest absolute Gasteiger partial charge is 0.0651 e. The van der Waals surface area contributed by atoms with Crippen LogP contribution in [0.3, 0.4) is 0 Å². The lowest BCUT2D eigenvalue weighted by Gasteiger charge is -2.27. The molecule has 0 saturated heterocycles. The summed E-state index contributed by atoms with van der Waals surface area (Å²) in [6, 6.07) is 0. The van der Waals surface area contributed by atoms with Gasteiger partial charge in [0.2, 0.25) is 0 Å². The Balaban J connectivity index is 4.30. The Morgan fingerprint density at radius 3 is 1.12 bits per heavy atom. The molecule has 0 unspecified atom stereocenters. The highest BCUT2D eigenvalue weighted by atomic mass is 14.2. The second kappa shape index (κ2) is 9.97. The number of rotatable bonds is 10. The molecule has 0 aromatic heterocycles. The minimum atomic E-state index is 0.865. The van der Waals surface area contributed by atoms with Gasteiger partial charge in [-0.1, -0.05) is 67.2 Å². The fraction of sp³-hybridized carbons (Fsp3) is 1.00. The molecule has 0 saturated carbocycles. The average molecular weight is 240 g/mol. The molecule has 0 radical (unpaired) electrons. The van der Waals surface area contributed by atoms with E-state index in [9.17, 15) is 0 Å². The molecule has 17 heavy (non-hydrogen) atoms. The molecular formula is C17H36. The van der Waals surface area contributed by atoms with Crippen LogP contribution in [0.1, 0.15) is 86.5 Å². The van der Waals surface area contributed by atoms with E-state index in [1.165, 1.54) is 44.9 Å². The first-order valence-electron chi connectivity index (χ1n) is 8.07. The first kappa shape index (κ1) is 17.0. The van der Waals surface area contributed by atoms with Crippen LogP contribution in [0.4, 0.5) is 0 Å². The van der Waals surface area contributed by atoms with Gasteiger partial charge in [-0.2, -0.15) is 0 Å². The van der Waals surface area contributed by atoms with Crippen molar-refractivity contribution in [3.63, 3.8) is 0 Å². The summed E-state index contributed by atoms with van der Waals surface area (Å²) in [4.78, 5) is 0. The fourth-order valence-electron chi connectivity index (χ4n) is 3.14. The maximum atomic E-state index is 2.38. The highest BCUT2D eigenvalue weighted by molar-refractivity contribution is 4.70. The second-order valence-electron chi connectivity index (χ2n) is 6.33. The molecule has 0 aliphatic carbocycles. The Morgan fingerprint density at radius 2 is 0.882 bits per heavy atom. The van der Waals surface area contributed by atoms with Crippen molar-refractivity contribution in [3.05, 3.63) is 0 Å². The molecule has 0 aliphatic heterocycles. The van der Waals surface area contributed by atoms with Gasteiger partial charge in [0.1, 0.15) is 0 Å². The van der Waals surface area contributed by atoms with Crippen LogP contribution in [-0.4, -0.2) is 0 Å². The van der Waals surface area contributed by atoms with Crippen LogP contribution in [0.15, 0.2) is 0 Å². The van der Waals surface area contributed by atoms with E-state index < -0.39 is 0 Å². The van der Waals surface area contributed by atoms with Crippen LogP contribution in [0.25, 0.3) is 0 Å². The summed E-state index contributed by atoms with van der Waals surface area (Å²) in [5.74, 6) is 3.77. The molecule has 104 valence electrons. The molecule has 0 nitrogen and oxygen atoms in total. The van der Waals surface area contributed by atoms with Gasteiger partial charge in [-0.15, -0.1) is 0 Å². The van der Waals surface area contributed by atoms with E-state index in [1.807, 2.05) is 0 Å². The molecule has 0 atom stereocenters. The van der Waals surface area contributed by atoms with E-state index in [0.717, 1.165) is 23.7 Å². The van der Waals surface area contributed by atoms with Crippen molar-refractivity contribution in [3.8, 4) is 0 Å². The predicted molar refractivity (Wildman–Crippen MR) is 80.3 cm³/mol. The summed E-state index contributed by atoms with van der Waals surface area (Å²) in [6.45, 7) is 14.2. The third-order valence-corrected chi connectivity index (χ3v) is 4.45. The summed E-state index contributed by atoms with van der Waals surface area (Å²) in [5.41, 5.74) is 0. The zero-order valence-corrected chi connectivity index (χ0v) is 13.3. The molecular weight excluding hydrogens is 204 g/mol. The summed E-state index contributed by atoms with van der Waals surface area (Å²) in [5, 5.41) is 0. The zero-order chi connectivity index (χ0) is 13.3. The Bertz CT molecular complexity index is 137. The molecule has 0 heterocycles. The molecule has 0 heteroatoms. The summed E-state index contributed by atoms with van der Waals surface area (Å²) in [6.07, 6.45) is 9.86. The van der Waals surface area contributed by atoms with Crippen LogP contribution in [-0.2, 0) is 0 Å². The molecule has 0 amide bonds. The van der Waals surface area contributed by atoms with Crippen molar-refractivity contribution < 1.29 is 0 Å². The standard InChI is InChI=1S/C17H36/c1-7-15(8-2)12-17(11-14(5)6)13-16(9-3)10-4/h14-17H,7-13H2,1-6H3. The van der Waals surface area contributed by atoms with Gasteiger partial charge in [0.25, 0.3) is 0 Å². The maximum Gasteiger partial charge on any atom is -0.0407 e. The van der Waals surface area contributed by atoms with Crippen LogP contribution in [0.2, 0.25) is 0 Å². The van der Waals surface area contributed by atoms with Crippen molar-refractivity contribution in [1.29, 1.82) is 0 Å². The van der Waals surface area contributed by atoms with Crippen LogP contribution in [0.5, 0.6) is 0 Å². The van der Waals surface area contributed by atoms with Gasteiger partial charge in [-0.25, -0.2) is 0 Å². The monoisotopic (exact) mass is 240 g/mol. The van der Waals surface area contributed by atoms with Gasteiger partial charge in [0.15, 0.2) is 0 Å². The first-order valence-corrected chi connectivity index (χ1v) is 8.07. The average Bonchev–Trinajstić information content (AvgIpc) is 2.31. The lowest BCUT2D eigenvalue weighted by molar-refractivity contribution is 0.251. The van der Waals surface area contributed by atoms with Crippen molar-refractivity contribution in [2.45, 2.75) is 86.5 Å². The fourth-order valence-corrected chi connectivity index (χ4v) is 3.14. The smallest absolute Gasteiger partial charge is 0.0407 e. The van der Waals surface area contributed by atoms with Gasteiger partial charge in [0.05, 0.1) is 0 Å². The van der Waals surface area contributed by atoms with E-state index in [1.54, 1.807) is 0 Å². The molecule has 0 bridgehead atoms. The van der Waals surface area contributed by atoms with E-state index in [0.29, 0.717) is 0 Å². The zero-order valence-electron chi connectivity index (χ0n) is 13.3. The van der Waals surface area contributed by atoms with E-state index >= 15 is 0 Å². The van der Waals surface area contributed by atoms with E-state index in [4.69, 9.17) is 0 Å². The lowest BCUT2D eigenvalue weighted by Crippen LogP contribution is -2.14. The van der Waals surface area contributed by atoms with Crippen molar-refractivity contribution in [2.75, 3.05) is 0 Å². The van der Waals surface area contributed by atoms with Gasteiger partial charge in [0, 0.05) is 0 Å². The highest BCUT2D eigenvalue weighted by Gasteiger charge is 2.18. The first-order chi connectivity index (χ1) is 8.07. The van der Waals surface area contributed by atoms with Crippen molar-refractivity contribution in [2.24, 2.45) is 23.7 Å². The Morgan fingerprint density at radius 1 is 0.529 bits per heavy atom. The SMILES string of the molecule is CCC(CC)CC(CC(C)C)CC(CC)CC. The second-order valence-corrected chi connectivity index (χ2v) is 6.33. The molecule has 0 aromatic rings. The topological polar surface area (TPSA) is 0 Å². The Kier molecular flexibility index (Phi) is 9.97. The van der Waals surface area contributed by atoms with Crippen LogP contribution < -0.4 is 0 Å². The Hall–Kier alpha value is 0. The molecule has 0 N–H and O–H groups in total. The van der Waals surface area contributed by atoms with Gasteiger partial charge in [-0.3, -0.25) is 0 Å². The minimum Gasteiger partial charge on any atom is -0.0651 e. The van der Waals surface area contributed by atoms with Gasteiger partial charge >= 0.3 is 0 Å². The van der Waals surface area contributed by atoms with Crippen LogP contribution in [0, 0.1) is 23.7 Å². The number of hydrogen-bond donors (Lipinski definition) is 0. The highest BCUT2D eigenvalue weighted by Crippen LogP contribution is 2.31. The molecule has 0 fully saturated rings. The summed E-state index contributed by atoms with van der Waals surface area (Å²) >= 11 is 0. The lowest BCUT2D eigenvalue weighted by atomic mass is 9.79. The van der Waals surface area contributed by atoms with E-state index in [2.05, 4.69) is 41.5 Å². The van der Waals surface area contributed by atoms with E-state index in [-0.39, 0.29) is 0 Å². The third kappa shape index (κ3) is 7.84. The quantitative estimate of drug-likeness (QED) is 0.420. The third-order valence-electron chi connectivity index (χ3n) is 4.45. The normalized spacial score (nSPS) is 12.4. The predicted octanol–water partition coefficient (Wildman–Crippen LogP) is 6.30. The molecule has 0 spiro atoms. The van der Waals surface area contributed by atoms with Crippen LogP contribution >= 0.6 is 0 Å². The molecule has 0 aliphatic rings. The Labute approximate surface area is 111 Å². The number of hydrogen-bond acceptors (Lipinski definition) is 0. The summed E-state index contributed by atoms with van der Waals surface area (Å²) in [7, 11) is 0. The molecule has 0 aromatic carbocycles.